The smallest absolute Gasteiger partial charge is 0.0599 e. The molecule has 2 fully saturated rings. The van der Waals surface area contributed by atoms with Crippen LogP contribution < -0.4 is 5.32 Å². The molecule has 2 atom stereocenters. The van der Waals surface area contributed by atoms with E-state index in [1.54, 1.807) is 0 Å². The molecule has 0 heterocycles. The first-order valence-corrected chi connectivity index (χ1v) is 8.26. The second kappa shape index (κ2) is 8.93. The molecule has 2 rings (SSSR count). The van der Waals surface area contributed by atoms with Crippen molar-refractivity contribution < 1.29 is 9.47 Å². The highest BCUT2D eigenvalue weighted by atomic mass is 16.5. The van der Waals surface area contributed by atoms with Gasteiger partial charge in [0.2, 0.25) is 0 Å². The molecule has 2 saturated carbocycles. The fraction of sp³-hybridized carbons (Fsp3) is 1.00. The third-order valence-electron chi connectivity index (χ3n) is 4.35. The van der Waals surface area contributed by atoms with Gasteiger partial charge in [-0.25, -0.2) is 0 Å². The van der Waals surface area contributed by atoms with Gasteiger partial charge < -0.3 is 14.8 Å². The van der Waals surface area contributed by atoms with Crippen LogP contribution in [0.1, 0.15) is 64.2 Å². The fourth-order valence-electron chi connectivity index (χ4n) is 2.89. The molecule has 112 valence electrons. The van der Waals surface area contributed by atoms with Crippen LogP contribution in [-0.2, 0) is 9.47 Å². The van der Waals surface area contributed by atoms with Crippen LogP contribution >= 0.6 is 0 Å². The van der Waals surface area contributed by atoms with Crippen LogP contribution in [0, 0.1) is 0 Å². The first-order valence-electron chi connectivity index (χ1n) is 8.26. The van der Waals surface area contributed by atoms with Crippen molar-refractivity contribution in [3.63, 3.8) is 0 Å². The minimum Gasteiger partial charge on any atom is -0.381 e. The van der Waals surface area contributed by atoms with E-state index in [4.69, 9.17) is 9.47 Å². The molecule has 3 nitrogen and oxygen atoms in total. The topological polar surface area (TPSA) is 30.5 Å². The number of methoxy groups -OCH3 is 1. The van der Waals surface area contributed by atoms with Crippen LogP contribution in [0.5, 0.6) is 0 Å². The zero-order valence-electron chi connectivity index (χ0n) is 12.5. The Morgan fingerprint density at radius 1 is 0.947 bits per heavy atom. The molecule has 2 unspecified atom stereocenters. The van der Waals surface area contributed by atoms with Gasteiger partial charge in [-0.05, 0) is 57.9 Å². The van der Waals surface area contributed by atoms with Crippen LogP contribution in [0.15, 0.2) is 0 Å². The van der Waals surface area contributed by atoms with Crippen molar-refractivity contribution in [2.24, 2.45) is 0 Å². The summed E-state index contributed by atoms with van der Waals surface area (Å²) in [5, 5.41) is 3.57. The second-order valence-electron chi connectivity index (χ2n) is 6.16. The van der Waals surface area contributed by atoms with Crippen LogP contribution in [-0.4, -0.2) is 38.5 Å². The van der Waals surface area contributed by atoms with Crippen LogP contribution in [0.3, 0.4) is 0 Å². The summed E-state index contributed by atoms with van der Waals surface area (Å²) >= 11 is 0. The Balaban J connectivity index is 1.36. The van der Waals surface area contributed by atoms with Gasteiger partial charge in [-0.2, -0.15) is 0 Å². The summed E-state index contributed by atoms with van der Waals surface area (Å²) in [4.78, 5) is 0. The maximum Gasteiger partial charge on any atom is 0.0599 e. The van der Waals surface area contributed by atoms with Crippen LogP contribution in [0.4, 0.5) is 0 Å². The normalized spacial score (nSPS) is 27.6. The van der Waals surface area contributed by atoms with Crippen molar-refractivity contribution in [2.45, 2.75) is 82.5 Å². The first kappa shape index (κ1) is 15.3. The number of ether oxygens (including phenoxy) is 2. The Bertz CT molecular complexity index is 231. The Labute approximate surface area is 118 Å². The predicted octanol–water partition coefficient (Wildman–Crippen LogP) is 3.27. The summed E-state index contributed by atoms with van der Waals surface area (Å²) in [7, 11) is 1.82. The molecule has 0 amide bonds. The van der Waals surface area contributed by atoms with E-state index in [0.29, 0.717) is 12.2 Å². The van der Waals surface area contributed by atoms with E-state index in [1.807, 2.05) is 7.11 Å². The lowest BCUT2D eigenvalue weighted by molar-refractivity contribution is -0.0303. The van der Waals surface area contributed by atoms with Crippen molar-refractivity contribution in [2.75, 3.05) is 20.3 Å². The molecule has 0 aromatic heterocycles. The largest absolute Gasteiger partial charge is 0.381 e. The van der Waals surface area contributed by atoms with Gasteiger partial charge >= 0.3 is 0 Å². The van der Waals surface area contributed by atoms with Gasteiger partial charge in [0.1, 0.15) is 0 Å². The second-order valence-corrected chi connectivity index (χ2v) is 6.16. The molecule has 0 aliphatic heterocycles. The summed E-state index contributed by atoms with van der Waals surface area (Å²) < 4.78 is 11.4. The van der Waals surface area contributed by atoms with Crippen LogP contribution in [0.2, 0.25) is 0 Å². The molecule has 3 heteroatoms. The number of nitrogens with one attached hydrogen (secondary N) is 1. The Morgan fingerprint density at radius 3 is 2.53 bits per heavy atom. The average molecular weight is 269 g/mol. The lowest BCUT2D eigenvalue weighted by Crippen LogP contribution is -2.27. The fourth-order valence-corrected chi connectivity index (χ4v) is 2.89. The first-order chi connectivity index (χ1) is 9.38. The van der Waals surface area contributed by atoms with E-state index in [-0.39, 0.29) is 0 Å². The minimum atomic E-state index is 0.437. The average Bonchev–Trinajstić information content (AvgIpc) is 3.26. The molecule has 0 saturated heterocycles. The third-order valence-corrected chi connectivity index (χ3v) is 4.35. The van der Waals surface area contributed by atoms with E-state index < -0.39 is 0 Å². The van der Waals surface area contributed by atoms with Crippen molar-refractivity contribution in [3.05, 3.63) is 0 Å². The molecule has 1 N–H and O–H groups in total. The molecule has 0 aromatic rings. The van der Waals surface area contributed by atoms with Gasteiger partial charge in [0.25, 0.3) is 0 Å². The molecule has 0 bridgehead atoms. The number of hydrogen-bond acceptors (Lipinski definition) is 3. The van der Waals surface area contributed by atoms with Gasteiger partial charge in [-0.15, -0.1) is 0 Å². The number of rotatable bonds is 10. The molecule has 0 spiro atoms. The summed E-state index contributed by atoms with van der Waals surface area (Å²) in [5.74, 6) is 0. The Morgan fingerprint density at radius 2 is 1.74 bits per heavy atom. The summed E-state index contributed by atoms with van der Waals surface area (Å²) in [5.41, 5.74) is 0. The van der Waals surface area contributed by atoms with Crippen molar-refractivity contribution in [3.8, 4) is 0 Å². The Hall–Kier alpha value is -0.120. The summed E-state index contributed by atoms with van der Waals surface area (Å²) in [6.07, 6.45) is 13.7. The third kappa shape index (κ3) is 6.73. The standard InChI is InChI=1S/C16H31NO2/c1-18-15-7-6-8-16(13-15)19-12-5-3-2-4-11-17-14-9-10-14/h14-17H,2-13H2,1H3. The van der Waals surface area contributed by atoms with E-state index in [9.17, 15) is 0 Å². The maximum atomic E-state index is 5.97. The molecule has 19 heavy (non-hydrogen) atoms. The molecule has 2 aliphatic carbocycles. The van der Waals surface area contributed by atoms with E-state index in [2.05, 4.69) is 5.32 Å². The van der Waals surface area contributed by atoms with Gasteiger partial charge in [-0.3, -0.25) is 0 Å². The molecule has 2 aliphatic rings. The van der Waals surface area contributed by atoms with Gasteiger partial charge in [0.05, 0.1) is 12.2 Å². The van der Waals surface area contributed by atoms with Gasteiger partial charge in [0.15, 0.2) is 0 Å². The predicted molar refractivity (Wildman–Crippen MR) is 78.5 cm³/mol. The lowest BCUT2D eigenvalue weighted by atomic mass is 9.95. The van der Waals surface area contributed by atoms with Crippen molar-refractivity contribution >= 4 is 0 Å². The van der Waals surface area contributed by atoms with Crippen molar-refractivity contribution in [1.29, 1.82) is 0 Å². The van der Waals surface area contributed by atoms with E-state index >= 15 is 0 Å². The zero-order chi connectivity index (χ0) is 13.3. The van der Waals surface area contributed by atoms with Crippen LogP contribution in [0.25, 0.3) is 0 Å². The molecular weight excluding hydrogens is 238 g/mol. The number of hydrogen-bond donors (Lipinski definition) is 1. The molecular formula is C16H31NO2. The SMILES string of the molecule is COC1CCCC(OCCCCCCNC2CC2)C1. The minimum absolute atomic E-state index is 0.437. The molecule has 0 radical (unpaired) electrons. The number of unbranched alkanes of at least 4 members (excludes halogenated alkanes) is 3. The maximum absolute atomic E-state index is 5.97. The highest BCUT2D eigenvalue weighted by Crippen LogP contribution is 2.23. The monoisotopic (exact) mass is 269 g/mol. The van der Waals surface area contributed by atoms with E-state index in [1.165, 1.54) is 64.3 Å². The zero-order valence-corrected chi connectivity index (χ0v) is 12.5. The van der Waals surface area contributed by atoms with Gasteiger partial charge in [0, 0.05) is 19.8 Å². The van der Waals surface area contributed by atoms with Crippen molar-refractivity contribution in [1.82, 2.24) is 5.32 Å². The van der Waals surface area contributed by atoms with E-state index in [0.717, 1.165) is 19.1 Å². The highest BCUT2D eigenvalue weighted by Gasteiger charge is 2.22. The summed E-state index contributed by atoms with van der Waals surface area (Å²) in [6.45, 7) is 2.15. The highest BCUT2D eigenvalue weighted by molar-refractivity contribution is 4.80. The lowest BCUT2D eigenvalue weighted by Gasteiger charge is -2.28. The summed E-state index contributed by atoms with van der Waals surface area (Å²) in [6, 6.07) is 0.864. The quantitative estimate of drug-likeness (QED) is 0.617. The Kier molecular flexibility index (Phi) is 7.18. The van der Waals surface area contributed by atoms with Gasteiger partial charge in [-0.1, -0.05) is 12.8 Å². The molecule has 0 aromatic carbocycles.